The van der Waals surface area contributed by atoms with Crippen molar-refractivity contribution in [3.63, 3.8) is 0 Å². The van der Waals surface area contributed by atoms with Crippen LogP contribution in [0.15, 0.2) is 48.8 Å². The Kier molecular flexibility index (Phi) is 11.7. The molecule has 0 aliphatic carbocycles. The third kappa shape index (κ3) is 8.08. The van der Waals surface area contributed by atoms with Gasteiger partial charge < -0.3 is 49.3 Å². The zero-order valence-corrected chi connectivity index (χ0v) is 33.6. The van der Waals surface area contributed by atoms with Crippen molar-refractivity contribution in [1.29, 1.82) is 0 Å². The van der Waals surface area contributed by atoms with Crippen molar-refractivity contribution >= 4 is 35.1 Å². The molecule has 0 spiro atoms. The third-order valence-electron chi connectivity index (χ3n) is 10.8. The number of rotatable bonds is 12. The van der Waals surface area contributed by atoms with E-state index in [4.69, 9.17) is 14.2 Å². The molecule has 2 aromatic carbocycles. The van der Waals surface area contributed by atoms with E-state index in [0.29, 0.717) is 31.3 Å². The Hall–Kier alpha value is -6.32. The lowest BCUT2D eigenvalue weighted by Gasteiger charge is -2.33. The Morgan fingerprint density at radius 1 is 0.966 bits per heavy atom. The fraction of sp³-hybridized carbons (Fsp3) is 0.429. The molecular weight excluding hydrogens is 745 g/mol. The number of nitrogens with zero attached hydrogens (tertiary/aromatic N) is 4. The molecule has 306 valence electrons. The van der Waals surface area contributed by atoms with Crippen molar-refractivity contribution in [2.75, 3.05) is 40.5 Å². The Labute approximate surface area is 336 Å². The molecule has 4 N–H and O–H groups in total. The second-order valence-corrected chi connectivity index (χ2v) is 15.0. The highest BCUT2D eigenvalue weighted by Crippen LogP contribution is 2.47. The highest BCUT2D eigenvalue weighted by atomic mass is 16.5. The lowest BCUT2D eigenvalue weighted by atomic mass is 9.86. The minimum atomic E-state index is -0.729. The summed E-state index contributed by atoms with van der Waals surface area (Å²) in [4.78, 5) is 69.4. The molecule has 1 saturated heterocycles. The maximum atomic E-state index is 13.5. The number of methoxy groups -OCH3 is 2. The van der Waals surface area contributed by atoms with Crippen LogP contribution in [0, 0.1) is 5.92 Å². The number of nitrogens with one attached hydrogen (secondary N) is 4. The topological polar surface area (TPSA) is 193 Å². The van der Waals surface area contributed by atoms with Crippen molar-refractivity contribution in [2.45, 2.75) is 71.7 Å². The summed E-state index contributed by atoms with van der Waals surface area (Å²) in [6.07, 6.45) is 4.33. The van der Waals surface area contributed by atoms with Crippen LogP contribution in [0.2, 0.25) is 0 Å². The van der Waals surface area contributed by atoms with Gasteiger partial charge in [0.1, 0.15) is 48.4 Å². The second-order valence-electron chi connectivity index (χ2n) is 15.0. The van der Waals surface area contributed by atoms with Crippen LogP contribution in [0.1, 0.15) is 75.8 Å². The number of likely N-dealkylation sites (tertiary alicyclic amines) is 1. The predicted octanol–water partition coefficient (Wildman–Crippen LogP) is 5.69. The van der Waals surface area contributed by atoms with Crippen molar-refractivity contribution in [1.82, 2.24) is 40.4 Å². The Balaban J connectivity index is 1.07. The van der Waals surface area contributed by atoms with Crippen molar-refractivity contribution in [3.8, 4) is 34.0 Å². The molecule has 1 fully saturated rings. The number of aromatic nitrogens is 4. The average molecular weight is 795 g/mol. The highest BCUT2D eigenvalue weighted by molar-refractivity contribution is 5.99. The van der Waals surface area contributed by atoms with Crippen LogP contribution in [0.4, 0.5) is 9.59 Å². The van der Waals surface area contributed by atoms with E-state index in [1.165, 1.54) is 14.2 Å². The number of carbonyl (C=O) groups is 4. The molecule has 3 aliphatic rings. The first kappa shape index (κ1) is 39.9. The molecule has 0 radical (unpaired) electrons. The summed E-state index contributed by atoms with van der Waals surface area (Å²) in [5.74, 6) is 2.28. The SMILES string of the molecule is CCCN(Cc1ncc(-c2ccc3c(c2)OC(C)C2=C3COc3cc(-c4cnc([C@@H]5CCCN5C(=O)CNC(=O)OC)[nH]4)ccc32)[nH]1)C(=O)[C@@H](NC(=O)OC)C(C)C. The lowest BCUT2D eigenvalue weighted by molar-refractivity contribution is -0.135. The molecule has 0 bridgehead atoms. The number of carbonyl (C=O) groups excluding carboxylic acids is 4. The van der Waals surface area contributed by atoms with Gasteiger partial charge >= 0.3 is 12.2 Å². The molecule has 4 amide bonds. The van der Waals surface area contributed by atoms with Gasteiger partial charge in [-0.1, -0.05) is 45.0 Å². The maximum Gasteiger partial charge on any atom is 0.407 e. The van der Waals surface area contributed by atoms with Gasteiger partial charge in [-0.3, -0.25) is 9.59 Å². The van der Waals surface area contributed by atoms with Gasteiger partial charge in [0.05, 0.1) is 50.6 Å². The Morgan fingerprint density at radius 3 is 2.40 bits per heavy atom. The molecular formula is C42H50N8O8. The van der Waals surface area contributed by atoms with Crippen LogP contribution in [-0.2, 0) is 25.6 Å². The fourth-order valence-corrected chi connectivity index (χ4v) is 7.92. The molecule has 5 heterocycles. The summed E-state index contributed by atoms with van der Waals surface area (Å²) in [5, 5.41) is 5.14. The van der Waals surface area contributed by atoms with E-state index in [0.717, 1.165) is 75.5 Å². The van der Waals surface area contributed by atoms with Crippen LogP contribution >= 0.6 is 0 Å². The lowest BCUT2D eigenvalue weighted by Crippen LogP contribution is -2.51. The van der Waals surface area contributed by atoms with E-state index >= 15 is 0 Å². The third-order valence-corrected chi connectivity index (χ3v) is 10.8. The minimum absolute atomic E-state index is 0.136. The molecule has 16 heteroatoms. The molecule has 16 nitrogen and oxygen atoms in total. The number of benzene rings is 2. The number of H-pyrrole nitrogens is 2. The van der Waals surface area contributed by atoms with E-state index in [1.54, 1.807) is 22.2 Å². The van der Waals surface area contributed by atoms with E-state index in [9.17, 15) is 19.2 Å². The number of amides is 4. The largest absolute Gasteiger partial charge is 0.488 e. The van der Waals surface area contributed by atoms with Gasteiger partial charge in [-0.05, 0) is 44.2 Å². The summed E-state index contributed by atoms with van der Waals surface area (Å²) in [6.45, 7) is 9.37. The quantitative estimate of drug-likeness (QED) is 0.139. The number of hydrogen-bond acceptors (Lipinski definition) is 10. The first-order chi connectivity index (χ1) is 28.0. The number of aromatic amines is 2. The first-order valence-electron chi connectivity index (χ1n) is 19.6. The number of ether oxygens (including phenoxy) is 4. The van der Waals surface area contributed by atoms with E-state index in [-0.39, 0.29) is 43.0 Å². The van der Waals surface area contributed by atoms with Gasteiger partial charge in [-0.15, -0.1) is 0 Å². The molecule has 4 aromatic rings. The highest BCUT2D eigenvalue weighted by Gasteiger charge is 2.35. The van der Waals surface area contributed by atoms with Gasteiger partial charge in [0.2, 0.25) is 11.8 Å². The summed E-state index contributed by atoms with van der Waals surface area (Å²) < 4.78 is 22.3. The zero-order valence-electron chi connectivity index (χ0n) is 33.6. The van der Waals surface area contributed by atoms with Gasteiger partial charge in [-0.2, -0.15) is 0 Å². The number of imidazole rings is 2. The summed E-state index contributed by atoms with van der Waals surface area (Å²) in [7, 11) is 2.54. The van der Waals surface area contributed by atoms with Gasteiger partial charge in [-0.25, -0.2) is 19.6 Å². The molecule has 3 aliphatic heterocycles. The Morgan fingerprint density at radius 2 is 1.67 bits per heavy atom. The van der Waals surface area contributed by atoms with Gasteiger partial charge in [0.25, 0.3) is 0 Å². The monoisotopic (exact) mass is 794 g/mol. The van der Waals surface area contributed by atoms with Crippen molar-refractivity contribution < 1.29 is 38.1 Å². The molecule has 2 aromatic heterocycles. The number of alkyl carbamates (subject to hydrolysis) is 2. The molecule has 58 heavy (non-hydrogen) atoms. The van der Waals surface area contributed by atoms with E-state index in [2.05, 4.69) is 41.4 Å². The molecule has 1 unspecified atom stereocenters. The summed E-state index contributed by atoms with van der Waals surface area (Å²) in [5.41, 5.74) is 7.44. The number of fused-ring (bicyclic) bond motifs is 4. The minimum Gasteiger partial charge on any atom is -0.488 e. The van der Waals surface area contributed by atoms with Crippen LogP contribution in [0.25, 0.3) is 33.7 Å². The van der Waals surface area contributed by atoms with Crippen molar-refractivity contribution in [2.24, 2.45) is 5.92 Å². The molecule has 0 saturated carbocycles. The van der Waals surface area contributed by atoms with E-state index in [1.807, 2.05) is 58.0 Å². The molecule has 3 atom stereocenters. The first-order valence-corrected chi connectivity index (χ1v) is 19.6. The average Bonchev–Trinajstić information content (AvgIpc) is 4.02. The van der Waals surface area contributed by atoms with Gasteiger partial charge in [0.15, 0.2) is 0 Å². The summed E-state index contributed by atoms with van der Waals surface area (Å²) >= 11 is 0. The molecule has 7 rings (SSSR count). The Bertz CT molecular complexity index is 2230. The fourth-order valence-electron chi connectivity index (χ4n) is 7.92. The van der Waals surface area contributed by atoms with Crippen LogP contribution in [-0.4, -0.2) is 106 Å². The van der Waals surface area contributed by atoms with Crippen LogP contribution < -0.4 is 20.1 Å². The van der Waals surface area contributed by atoms with Gasteiger partial charge in [0, 0.05) is 46.5 Å². The number of hydrogen-bond donors (Lipinski definition) is 4. The normalized spacial score (nSPS) is 17.3. The summed E-state index contributed by atoms with van der Waals surface area (Å²) in [6, 6.07) is 11.2. The second kappa shape index (κ2) is 17.0. The van der Waals surface area contributed by atoms with Crippen molar-refractivity contribution in [3.05, 3.63) is 71.6 Å². The standard InChI is InChI=1S/C42H50N8O8/c1-7-14-49(40(52)38(23(2)3)48-42(54)56-6)21-35-43-18-30(46-35)26-10-12-27-29-22-57-33-16-25(11-13-28(33)37(29)24(4)58-34(27)17-26)31-19-44-39(47-31)32-9-8-15-50(32)36(51)20-45-41(53)55-5/h10-13,16-19,23-24,32,38H,7-9,14-15,20-22H2,1-6H3,(H,43,46)(H,44,47)(H,45,53)(H,48,54)/t24?,32-,38-/m0/s1. The zero-order chi connectivity index (χ0) is 41.1. The predicted molar refractivity (Wildman–Crippen MR) is 214 cm³/mol. The van der Waals surface area contributed by atoms with E-state index < -0.39 is 18.2 Å². The van der Waals surface area contributed by atoms with Crippen LogP contribution in [0.5, 0.6) is 11.5 Å². The van der Waals surface area contributed by atoms with Crippen LogP contribution in [0.3, 0.4) is 0 Å². The maximum absolute atomic E-state index is 13.5. The smallest absolute Gasteiger partial charge is 0.407 e.